The number of hydrogen-bond donors (Lipinski definition) is 1. The van der Waals surface area contributed by atoms with E-state index in [9.17, 15) is 4.79 Å². The van der Waals surface area contributed by atoms with Crippen LogP contribution in [0.5, 0.6) is 0 Å². The van der Waals surface area contributed by atoms with Gasteiger partial charge in [-0.15, -0.1) is 12.8 Å². The molecule has 0 spiro atoms. The third-order valence-electron chi connectivity index (χ3n) is 3.60. The zero-order chi connectivity index (χ0) is 14.4. The van der Waals surface area contributed by atoms with Crippen LogP contribution in [0.1, 0.15) is 37.2 Å². The molecule has 1 saturated heterocycles. The fourth-order valence-corrected chi connectivity index (χ4v) is 2.57. The third-order valence-corrected chi connectivity index (χ3v) is 3.60. The Kier molecular flexibility index (Phi) is 5.65. The highest BCUT2D eigenvalue weighted by atomic mass is 16.1. The number of piperidine rings is 1. The van der Waals surface area contributed by atoms with Crippen LogP contribution in [0.3, 0.4) is 0 Å². The zero-order valence-electron chi connectivity index (χ0n) is 12.0. The van der Waals surface area contributed by atoms with E-state index >= 15 is 0 Å². The Morgan fingerprint density at radius 2 is 1.89 bits per heavy atom. The van der Waals surface area contributed by atoms with Crippen molar-refractivity contribution in [2.45, 2.75) is 32.7 Å². The van der Waals surface area contributed by atoms with E-state index in [-0.39, 0.29) is 5.69 Å². The minimum Gasteiger partial charge on any atom is -0.306 e. The van der Waals surface area contributed by atoms with E-state index in [1.165, 1.54) is 0 Å². The van der Waals surface area contributed by atoms with E-state index in [4.69, 9.17) is 0 Å². The molecule has 104 valence electrons. The second-order valence-corrected chi connectivity index (χ2v) is 4.83. The lowest BCUT2D eigenvalue weighted by molar-refractivity contribution is 0.217. The average Bonchev–Trinajstić information content (AvgIpc) is 2.69. The number of H-pyrrole nitrogens is 1. The van der Waals surface area contributed by atoms with E-state index in [1.807, 2.05) is 30.6 Å². The molecular weight excluding hydrogens is 238 g/mol. The Labute approximate surface area is 115 Å². The first-order valence-corrected chi connectivity index (χ1v) is 6.59. The first kappa shape index (κ1) is 15.3. The summed E-state index contributed by atoms with van der Waals surface area (Å²) in [4.78, 5) is 17.2. The lowest BCUT2D eigenvalue weighted by Crippen LogP contribution is -2.35. The number of aromatic amines is 1. The van der Waals surface area contributed by atoms with Crippen LogP contribution in [0.2, 0.25) is 0 Å². The van der Waals surface area contributed by atoms with Gasteiger partial charge in [0.2, 0.25) is 0 Å². The predicted octanol–water partition coefficient (Wildman–Crippen LogP) is 2.03. The smallest absolute Gasteiger partial charge is 0.306 e. The molecule has 0 saturated carbocycles. The number of rotatable bonds is 2. The molecule has 0 amide bonds. The maximum Gasteiger partial charge on any atom is 0.326 e. The van der Waals surface area contributed by atoms with Crippen LogP contribution in [-0.4, -0.2) is 34.6 Å². The molecule has 0 unspecified atom stereocenters. The van der Waals surface area contributed by atoms with Gasteiger partial charge in [-0.2, -0.15) is 0 Å². The van der Waals surface area contributed by atoms with Gasteiger partial charge in [-0.1, -0.05) is 6.08 Å². The minimum atomic E-state index is 0.0325. The summed E-state index contributed by atoms with van der Waals surface area (Å²) in [6.07, 6.45) is 14.0. The first-order valence-electron chi connectivity index (χ1n) is 6.59. The molecule has 1 N–H and O–H groups in total. The summed E-state index contributed by atoms with van der Waals surface area (Å²) in [6.45, 7) is 6.12. The number of nitrogens with zero attached hydrogens (tertiary/aromatic N) is 2. The van der Waals surface area contributed by atoms with Crippen LogP contribution in [0.25, 0.3) is 6.08 Å². The topological polar surface area (TPSA) is 41.0 Å². The summed E-state index contributed by atoms with van der Waals surface area (Å²) in [6, 6.07) is 0.356. The van der Waals surface area contributed by atoms with Crippen molar-refractivity contribution >= 4 is 6.08 Å². The Hall–Kier alpha value is -1.73. The molecule has 1 fully saturated rings. The predicted molar refractivity (Wildman–Crippen MR) is 80.2 cm³/mol. The summed E-state index contributed by atoms with van der Waals surface area (Å²) in [5, 5.41) is 0. The molecule has 4 nitrogen and oxygen atoms in total. The van der Waals surface area contributed by atoms with E-state index in [2.05, 4.69) is 29.8 Å². The van der Waals surface area contributed by atoms with Crippen LogP contribution in [0, 0.1) is 19.8 Å². The maximum absolute atomic E-state index is 12.0. The Morgan fingerprint density at radius 1 is 1.32 bits per heavy atom. The minimum absolute atomic E-state index is 0.0325. The van der Waals surface area contributed by atoms with E-state index in [1.54, 1.807) is 0 Å². The number of terminal acetylenes is 1. The number of allylic oxidation sites excluding steroid dienone is 1. The van der Waals surface area contributed by atoms with Crippen molar-refractivity contribution in [1.82, 2.24) is 14.5 Å². The van der Waals surface area contributed by atoms with Gasteiger partial charge < -0.3 is 9.88 Å². The summed E-state index contributed by atoms with van der Waals surface area (Å²) >= 11 is 0. The lowest BCUT2D eigenvalue weighted by atomic mass is 10.1. The quantitative estimate of drug-likeness (QED) is 0.828. The average molecular weight is 261 g/mol. The van der Waals surface area contributed by atoms with Gasteiger partial charge in [0.1, 0.15) is 0 Å². The Bertz CT molecular complexity index is 499. The van der Waals surface area contributed by atoms with Gasteiger partial charge >= 0.3 is 5.69 Å². The van der Waals surface area contributed by atoms with Crippen LogP contribution in [-0.2, 0) is 0 Å². The highest BCUT2D eigenvalue weighted by molar-refractivity contribution is 5.46. The molecule has 0 aliphatic carbocycles. The van der Waals surface area contributed by atoms with Gasteiger partial charge in [-0.05, 0) is 52.9 Å². The summed E-state index contributed by atoms with van der Waals surface area (Å²) in [7, 11) is 2.13. The van der Waals surface area contributed by atoms with Gasteiger partial charge in [0.05, 0.1) is 5.69 Å². The zero-order valence-corrected chi connectivity index (χ0v) is 12.0. The molecule has 1 aromatic heterocycles. The Morgan fingerprint density at radius 3 is 2.42 bits per heavy atom. The molecule has 0 bridgehead atoms. The molecule has 2 rings (SSSR count). The fourth-order valence-electron chi connectivity index (χ4n) is 2.57. The second-order valence-electron chi connectivity index (χ2n) is 4.83. The fraction of sp³-hybridized carbons (Fsp3) is 0.533. The van der Waals surface area contributed by atoms with Gasteiger partial charge in [-0.3, -0.25) is 4.57 Å². The van der Waals surface area contributed by atoms with Crippen LogP contribution >= 0.6 is 0 Å². The molecule has 1 aliphatic rings. The second kappa shape index (κ2) is 7.01. The first-order chi connectivity index (χ1) is 9.13. The van der Waals surface area contributed by atoms with Crippen molar-refractivity contribution in [1.29, 1.82) is 0 Å². The third kappa shape index (κ3) is 3.39. The number of likely N-dealkylation sites (tertiary alicyclic amines) is 1. The molecule has 0 atom stereocenters. The summed E-state index contributed by atoms with van der Waals surface area (Å²) < 4.78 is 1.93. The summed E-state index contributed by atoms with van der Waals surface area (Å²) in [5.74, 6) is 0. The van der Waals surface area contributed by atoms with Crippen molar-refractivity contribution in [3.8, 4) is 12.8 Å². The molecule has 1 aromatic rings. The lowest BCUT2D eigenvalue weighted by Gasteiger charge is -2.29. The maximum atomic E-state index is 12.0. The Balaban J connectivity index is 0.000000861. The van der Waals surface area contributed by atoms with Crippen molar-refractivity contribution in [3.63, 3.8) is 0 Å². The van der Waals surface area contributed by atoms with Gasteiger partial charge in [0.25, 0.3) is 0 Å². The molecule has 19 heavy (non-hydrogen) atoms. The van der Waals surface area contributed by atoms with Crippen molar-refractivity contribution < 1.29 is 0 Å². The number of aromatic nitrogens is 2. The van der Waals surface area contributed by atoms with Crippen molar-refractivity contribution in [3.05, 3.63) is 27.9 Å². The van der Waals surface area contributed by atoms with E-state index in [0.29, 0.717) is 6.04 Å². The normalized spacial score (nSPS) is 17.3. The monoisotopic (exact) mass is 261 g/mol. The van der Waals surface area contributed by atoms with Crippen LogP contribution < -0.4 is 5.69 Å². The number of imidazole rings is 1. The standard InChI is InChI=1S/C13H21N3O.C2H2/c1-4-5-12-10(2)16(13(17)14-12)11-6-8-15(3)9-7-11;1-2/h4-5,11H,6-9H2,1-3H3,(H,14,17);1-2H/b5-4-;. The molecule has 2 heterocycles. The van der Waals surface area contributed by atoms with Crippen molar-refractivity contribution in [2.75, 3.05) is 20.1 Å². The molecular formula is C15H23N3O. The number of hydrogen-bond acceptors (Lipinski definition) is 2. The van der Waals surface area contributed by atoms with Crippen LogP contribution in [0.4, 0.5) is 0 Å². The van der Waals surface area contributed by atoms with Gasteiger partial charge in [0, 0.05) is 11.7 Å². The number of nitrogens with one attached hydrogen (secondary N) is 1. The van der Waals surface area contributed by atoms with Crippen molar-refractivity contribution in [2.24, 2.45) is 0 Å². The van der Waals surface area contributed by atoms with Crippen LogP contribution in [0.15, 0.2) is 10.9 Å². The molecule has 4 heteroatoms. The molecule has 1 aliphatic heterocycles. The van der Waals surface area contributed by atoms with E-state index in [0.717, 1.165) is 37.3 Å². The highest BCUT2D eigenvalue weighted by Crippen LogP contribution is 2.22. The SMILES string of the molecule is C#C.C/C=C\c1[nH]c(=O)n(C2CCN(C)CC2)c1C. The largest absolute Gasteiger partial charge is 0.326 e. The van der Waals surface area contributed by atoms with Gasteiger partial charge in [-0.25, -0.2) is 4.79 Å². The van der Waals surface area contributed by atoms with Gasteiger partial charge in [0.15, 0.2) is 0 Å². The molecule has 0 aromatic carbocycles. The molecule has 0 radical (unpaired) electrons. The van der Waals surface area contributed by atoms with E-state index < -0.39 is 0 Å². The summed E-state index contributed by atoms with van der Waals surface area (Å²) in [5.41, 5.74) is 2.03. The highest BCUT2D eigenvalue weighted by Gasteiger charge is 2.22.